The Hall–Kier alpha value is -2.47. The zero-order valence-electron chi connectivity index (χ0n) is 17.4. The highest BCUT2D eigenvalue weighted by molar-refractivity contribution is 5.24. The number of benzene rings is 1. The van der Waals surface area contributed by atoms with Crippen molar-refractivity contribution >= 4 is 0 Å². The summed E-state index contributed by atoms with van der Waals surface area (Å²) in [7, 11) is 1.74. The molecule has 28 heavy (non-hydrogen) atoms. The summed E-state index contributed by atoms with van der Waals surface area (Å²) in [5.41, 5.74) is 0.267. The molecule has 2 rings (SSSR count). The van der Waals surface area contributed by atoms with Gasteiger partial charge in [-0.2, -0.15) is 0 Å². The van der Waals surface area contributed by atoms with Crippen LogP contribution in [0.2, 0.25) is 0 Å². The molecule has 0 aliphatic heterocycles. The summed E-state index contributed by atoms with van der Waals surface area (Å²) in [5, 5.41) is 0. The third-order valence-corrected chi connectivity index (χ3v) is 5.06. The standard InChI is InChI=1S/C25H31FO2/c1-5-25(17-24(18-25)27-4)16-20(2)10-8-6-7-9-11-21(3)19-28-23-14-12-22(26)13-15-23/h6-7,9,11-15,17,20-21H,5,16,18-19H2,1-4H3. The maximum atomic E-state index is 12.9. The second-order valence-corrected chi connectivity index (χ2v) is 7.59. The van der Waals surface area contributed by atoms with Gasteiger partial charge in [0.1, 0.15) is 11.6 Å². The van der Waals surface area contributed by atoms with Gasteiger partial charge >= 0.3 is 0 Å². The van der Waals surface area contributed by atoms with Crippen molar-refractivity contribution in [1.82, 2.24) is 0 Å². The molecule has 1 aromatic carbocycles. The van der Waals surface area contributed by atoms with Gasteiger partial charge in [0, 0.05) is 18.3 Å². The highest BCUT2D eigenvalue weighted by Gasteiger charge is 2.36. The summed E-state index contributed by atoms with van der Waals surface area (Å²) in [6, 6.07) is 6.08. The van der Waals surface area contributed by atoms with Gasteiger partial charge in [-0.3, -0.25) is 0 Å². The van der Waals surface area contributed by atoms with Crippen LogP contribution in [-0.2, 0) is 4.74 Å². The monoisotopic (exact) mass is 382 g/mol. The van der Waals surface area contributed by atoms with Crippen LogP contribution in [-0.4, -0.2) is 13.7 Å². The molecule has 0 radical (unpaired) electrons. The lowest BCUT2D eigenvalue weighted by molar-refractivity contribution is 0.161. The minimum absolute atomic E-state index is 0.255. The van der Waals surface area contributed by atoms with Gasteiger partial charge in [-0.25, -0.2) is 4.39 Å². The number of rotatable bonds is 9. The predicted octanol–water partition coefficient (Wildman–Crippen LogP) is 6.31. The van der Waals surface area contributed by atoms with Crippen molar-refractivity contribution in [2.45, 2.75) is 40.0 Å². The highest BCUT2D eigenvalue weighted by Crippen LogP contribution is 2.46. The van der Waals surface area contributed by atoms with Crippen LogP contribution in [0.5, 0.6) is 5.75 Å². The molecule has 1 aliphatic rings. The predicted molar refractivity (Wildman–Crippen MR) is 113 cm³/mol. The minimum atomic E-state index is -0.255. The fourth-order valence-corrected chi connectivity index (χ4v) is 3.32. The first-order valence-corrected chi connectivity index (χ1v) is 9.95. The summed E-state index contributed by atoms with van der Waals surface area (Å²) in [6.45, 7) is 7.04. The molecule has 0 heterocycles. The second-order valence-electron chi connectivity index (χ2n) is 7.59. The Bertz CT molecular complexity index is 764. The van der Waals surface area contributed by atoms with E-state index in [-0.39, 0.29) is 17.2 Å². The summed E-state index contributed by atoms with van der Waals surface area (Å²) >= 11 is 0. The number of halogens is 1. The fraction of sp³-hybridized carbons (Fsp3) is 0.440. The Morgan fingerprint density at radius 1 is 1.21 bits per heavy atom. The Labute approximate surface area is 169 Å². The van der Waals surface area contributed by atoms with Gasteiger partial charge in [-0.1, -0.05) is 50.8 Å². The van der Waals surface area contributed by atoms with Crippen LogP contribution in [0.25, 0.3) is 0 Å². The Kier molecular flexibility index (Phi) is 8.39. The quantitative estimate of drug-likeness (QED) is 0.368. The molecule has 0 spiro atoms. The first-order valence-electron chi connectivity index (χ1n) is 9.95. The van der Waals surface area contributed by atoms with Gasteiger partial charge in [0.05, 0.1) is 19.5 Å². The Morgan fingerprint density at radius 2 is 1.93 bits per heavy atom. The number of allylic oxidation sites excluding steroid dienone is 5. The molecule has 0 N–H and O–H groups in total. The van der Waals surface area contributed by atoms with Crippen molar-refractivity contribution in [1.29, 1.82) is 0 Å². The molecular weight excluding hydrogens is 351 g/mol. The van der Waals surface area contributed by atoms with E-state index < -0.39 is 0 Å². The molecule has 3 unspecified atom stereocenters. The Morgan fingerprint density at radius 3 is 2.57 bits per heavy atom. The number of hydrogen-bond donors (Lipinski definition) is 0. The normalized spacial score (nSPS) is 20.8. The van der Waals surface area contributed by atoms with Crippen LogP contribution >= 0.6 is 0 Å². The summed E-state index contributed by atoms with van der Waals surface area (Å²) in [4.78, 5) is 0. The maximum Gasteiger partial charge on any atom is 0.123 e. The first kappa shape index (κ1) is 21.8. The smallest absolute Gasteiger partial charge is 0.123 e. The van der Waals surface area contributed by atoms with Gasteiger partial charge in [-0.05, 0) is 54.7 Å². The third kappa shape index (κ3) is 6.93. The molecule has 0 fully saturated rings. The van der Waals surface area contributed by atoms with E-state index in [9.17, 15) is 4.39 Å². The molecule has 3 heteroatoms. The molecule has 0 saturated heterocycles. The lowest BCUT2D eigenvalue weighted by Gasteiger charge is -2.39. The molecule has 0 amide bonds. The summed E-state index contributed by atoms with van der Waals surface area (Å²) < 4.78 is 23.8. The molecule has 1 aliphatic carbocycles. The second kappa shape index (κ2) is 10.8. The molecule has 0 aromatic heterocycles. The van der Waals surface area contributed by atoms with Crippen molar-refractivity contribution in [3.05, 3.63) is 66.2 Å². The van der Waals surface area contributed by atoms with E-state index in [0.717, 1.165) is 25.0 Å². The van der Waals surface area contributed by atoms with E-state index in [1.165, 1.54) is 12.1 Å². The van der Waals surface area contributed by atoms with Gasteiger partial charge in [0.15, 0.2) is 0 Å². The average Bonchev–Trinajstić information content (AvgIpc) is 2.66. The van der Waals surface area contributed by atoms with E-state index >= 15 is 0 Å². The van der Waals surface area contributed by atoms with Crippen LogP contribution in [0, 0.1) is 34.9 Å². The van der Waals surface area contributed by atoms with E-state index in [1.54, 1.807) is 19.2 Å². The minimum Gasteiger partial charge on any atom is -0.501 e. The summed E-state index contributed by atoms with van der Waals surface area (Å²) in [6.07, 6.45) is 13.4. The van der Waals surface area contributed by atoms with Gasteiger partial charge in [0.2, 0.25) is 0 Å². The zero-order chi connectivity index (χ0) is 20.4. The number of hydrogen-bond acceptors (Lipinski definition) is 2. The van der Waals surface area contributed by atoms with Crippen molar-refractivity contribution in [2.24, 2.45) is 17.3 Å². The fourth-order valence-electron chi connectivity index (χ4n) is 3.32. The molecular formula is C25H31FO2. The van der Waals surface area contributed by atoms with Crippen LogP contribution in [0.3, 0.4) is 0 Å². The SMILES string of the molecule is CCC1(CC(C)C#CC=CC=CC(C)COc2ccc(F)cc2)C=C(OC)C1. The molecule has 1 aromatic rings. The molecule has 150 valence electrons. The van der Waals surface area contributed by atoms with E-state index in [2.05, 4.69) is 44.8 Å². The topological polar surface area (TPSA) is 18.5 Å². The van der Waals surface area contributed by atoms with Crippen molar-refractivity contribution < 1.29 is 13.9 Å². The molecule has 0 bridgehead atoms. The molecule has 2 nitrogen and oxygen atoms in total. The lowest BCUT2D eigenvalue weighted by Crippen LogP contribution is -2.29. The van der Waals surface area contributed by atoms with Crippen LogP contribution < -0.4 is 4.74 Å². The van der Waals surface area contributed by atoms with Gasteiger partial charge in [-0.15, -0.1) is 0 Å². The van der Waals surface area contributed by atoms with Crippen LogP contribution in [0.15, 0.2) is 60.4 Å². The van der Waals surface area contributed by atoms with E-state index in [4.69, 9.17) is 9.47 Å². The maximum absolute atomic E-state index is 12.9. The van der Waals surface area contributed by atoms with Crippen molar-refractivity contribution in [3.8, 4) is 17.6 Å². The van der Waals surface area contributed by atoms with Crippen LogP contribution in [0.1, 0.15) is 40.0 Å². The largest absolute Gasteiger partial charge is 0.501 e. The van der Waals surface area contributed by atoms with Crippen molar-refractivity contribution in [3.63, 3.8) is 0 Å². The molecule has 3 atom stereocenters. The van der Waals surface area contributed by atoms with Crippen molar-refractivity contribution in [2.75, 3.05) is 13.7 Å². The first-order chi connectivity index (χ1) is 13.5. The number of methoxy groups -OCH3 is 1. The highest BCUT2D eigenvalue weighted by atomic mass is 19.1. The lowest BCUT2D eigenvalue weighted by atomic mass is 9.68. The van der Waals surface area contributed by atoms with E-state index in [1.807, 2.05) is 18.2 Å². The number of ether oxygens (including phenoxy) is 2. The van der Waals surface area contributed by atoms with Crippen LogP contribution in [0.4, 0.5) is 4.39 Å². The van der Waals surface area contributed by atoms with E-state index in [0.29, 0.717) is 18.3 Å². The zero-order valence-corrected chi connectivity index (χ0v) is 17.4. The van der Waals surface area contributed by atoms with Gasteiger partial charge < -0.3 is 9.47 Å². The molecule has 0 saturated carbocycles. The third-order valence-electron chi connectivity index (χ3n) is 5.06. The van der Waals surface area contributed by atoms with Gasteiger partial charge in [0.25, 0.3) is 0 Å². The average molecular weight is 383 g/mol. The Balaban J connectivity index is 1.71. The summed E-state index contributed by atoms with van der Waals surface area (Å²) in [5.74, 6) is 8.60.